The molecule has 78 valence electrons. The molecule has 0 atom stereocenters. The van der Waals surface area contributed by atoms with Crippen LogP contribution in [0.4, 0.5) is 0 Å². The maximum atomic E-state index is 6.25. The molecule has 3 heteroatoms. The maximum absolute atomic E-state index is 6.25. The summed E-state index contributed by atoms with van der Waals surface area (Å²) in [6, 6.07) is 0.545. The first kappa shape index (κ1) is 10.0. The summed E-state index contributed by atoms with van der Waals surface area (Å²) in [5.74, 6) is 0. The fraction of sp³-hybridized carbons (Fsp3) is 0.727. The first-order valence-corrected chi connectivity index (χ1v) is 5.79. The van der Waals surface area contributed by atoms with Crippen molar-refractivity contribution in [2.45, 2.75) is 52.0 Å². The van der Waals surface area contributed by atoms with Gasteiger partial charge in [0.2, 0.25) is 0 Å². The Kier molecular flexibility index (Phi) is 2.82. The van der Waals surface area contributed by atoms with Crippen LogP contribution in [0.5, 0.6) is 0 Å². The van der Waals surface area contributed by atoms with Gasteiger partial charge in [0, 0.05) is 5.56 Å². The van der Waals surface area contributed by atoms with Crippen molar-refractivity contribution in [3.8, 4) is 0 Å². The molecule has 0 amide bonds. The fourth-order valence-electron chi connectivity index (χ4n) is 2.17. The predicted octanol–water partition coefficient (Wildman–Crippen LogP) is 3.66. The number of rotatable bonds is 1. The number of halogens is 1. The molecule has 0 aliphatic heterocycles. The van der Waals surface area contributed by atoms with Gasteiger partial charge in [0.05, 0.1) is 11.7 Å². The van der Waals surface area contributed by atoms with Crippen LogP contribution in [0.3, 0.4) is 0 Å². The third-order valence-corrected chi connectivity index (χ3v) is 3.69. The lowest BCUT2D eigenvalue weighted by Crippen LogP contribution is -2.14. The highest BCUT2D eigenvalue weighted by Crippen LogP contribution is 2.31. The van der Waals surface area contributed by atoms with Crippen LogP contribution in [0.15, 0.2) is 0 Å². The summed E-state index contributed by atoms with van der Waals surface area (Å²) in [6.45, 7) is 4.07. The van der Waals surface area contributed by atoms with E-state index in [1.807, 2.05) is 18.5 Å². The molecule has 1 aliphatic rings. The van der Waals surface area contributed by atoms with E-state index in [1.54, 1.807) is 0 Å². The van der Waals surface area contributed by atoms with Crippen LogP contribution in [0.2, 0.25) is 5.15 Å². The van der Waals surface area contributed by atoms with Gasteiger partial charge in [-0.05, 0) is 26.7 Å². The highest BCUT2D eigenvalue weighted by molar-refractivity contribution is 6.30. The van der Waals surface area contributed by atoms with Gasteiger partial charge in [0.15, 0.2) is 0 Å². The summed E-state index contributed by atoms with van der Waals surface area (Å²) in [5.41, 5.74) is 2.21. The van der Waals surface area contributed by atoms with Gasteiger partial charge in [0.1, 0.15) is 5.15 Å². The first-order valence-electron chi connectivity index (χ1n) is 5.41. The first-order chi connectivity index (χ1) is 6.70. The smallest absolute Gasteiger partial charge is 0.130 e. The molecule has 0 N–H and O–H groups in total. The van der Waals surface area contributed by atoms with Crippen molar-refractivity contribution in [3.05, 3.63) is 16.4 Å². The zero-order valence-electron chi connectivity index (χ0n) is 8.89. The third-order valence-electron chi connectivity index (χ3n) is 3.23. The summed E-state index contributed by atoms with van der Waals surface area (Å²) in [4.78, 5) is 0. The van der Waals surface area contributed by atoms with Gasteiger partial charge in [-0.25, -0.2) is 0 Å². The molecular weight excluding hydrogens is 196 g/mol. The van der Waals surface area contributed by atoms with Crippen molar-refractivity contribution in [2.24, 2.45) is 0 Å². The second-order valence-corrected chi connectivity index (χ2v) is 4.60. The molecular formula is C11H17ClN2. The van der Waals surface area contributed by atoms with Crippen molar-refractivity contribution in [1.29, 1.82) is 0 Å². The van der Waals surface area contributed by atoms with E-state index in [4.69, 9.17) is 11.6 Å². The van der Waals surface area contributed by atoms with Crippen LogP contribution in [-0.4, -0.2) is 9.78 Å². The van der Waals surface area contributed by atoms with E-state index in [9.17, 15) is 0 Å². The van der Waals surface area contributed by atoms with Crippen LogP contribution >= 0.6 is 11.6 Å². The zero-order valence-corrected chi connectivity index (χ0v) is 9.64. The SMILES string of the molecule is Cc1nn(C2CCCCC2)c(Cl)c1C. The average molecular weight is 213 g/mol. The molecule has 0 unspecified atom stereocenters. The Bertz CT molecular complexity index is 324. The van der Waals surface area contributed by atoms with E-state index < -0.39 is 0 Å². The Labute approximate surface area is 90.3 Å². The fourth-order valence-corrected chi connectivity index (χ4v) is 2.48. The number of aryl methyl sites for hydroxylation is 1. The van der Waals surface area contributed by atoms with Crippen LogP contribution in [0, 0.1) is 13.8 Å². The van der Waals surface area contributed by atoms with Gasteiger partial charge in [-0.2, -0.15) is 5.10 Å². The molecule has 0 radical (unpaired) electrons. The molecule has 0 aromatic carbocycles. The number of aromatic nitrogens is 2. The lowest BCUT2D eigenvalue weighted by atomic mass is 9.96. The molecule has 14 heavy (non-hydrogen) atoms. The van der Waals surface area contributed by atoms with Crippen molar-refractivity contribution >= 4 is 11.6 Å². The minimum atomic E-state index is 0.545. The van der Waals surface area contributed by atoms with Crippen molar-refractivity contribution in [2.75, 3.05) is 0 Å². The molecule has 1 saturated carbocycles. The van der Waals surface area contributed by atoms with Crippen molar-refractivity contribution < 1.29 is 0 Å². The summed E-state index contributed by atoms with van der Waals surface area (Å²) >= 11 is 6.25. The minimum absolute atomic E-state index is 0.545. The monoisotopic (exact) mass is 212 g/mol. The van der Waals surface area contributed by atoms with Crippen LogP contribution in [-0.2, 0) is 0 Å². The van der Waals surface area contributed by atoms with Gasteiger partial charge in [-0.1, -0.05) is 30.9 Å². The average Bonchev–Trinajstić information content (AvgIpc) is 2.47. The van der Waals surface area contributed by atoms with E-state index in [2.05, 4.69) is 5.10 Å². The minimum Gasteiger partial charge on any atom is -0.250 e. The topological polar surface area (TPSA) is 17.8 Å². The summed E-state index contributed by atoms with van der Waals surface area (Å²) in [7, 11) is 0. The molecule has 1 aromatic rings. The lowest BCUT2D eigenvalue weighted by Gasteiger charge is -2.22. The number of hydrogen-bond donors (Lipinski definition) is 0. The number of hydrogen-bond acceptors (Lipinski definition) is 1. The van der Waals surface area contributed by atoms with E-state index in [1.165, 1.54) is 32.1 Å². The zero-order chi connectivity index (χ0) is 10.1. The predicted molar refractivity (Wildman–Crippen MR) is 58.8 cm³/mol. The quantitative estimate of drug-likeness (QED) is 0.695. The van der Waals surface area contributed by atoms with E-state index in [0.717, 1.165) is 16.4 Å². The van der Waals surface area contributed by atoms with Crippen molar-refractivity contribution in [3.63, 3.8) is 0 Å². The molecule has 0 spiro atoms. The molecule has 1 aromatic heterocycles. The molecule has 0 saturated heterocycles. The second-order valence-electron chi connectivity index (χ2n) is 4.24. The lowest BCUT2D eigenvalue weighted by molar-refractivity contribution is 0.329. The molecule has 2 rings (SSSR count). The Morgan fingerprint density at radius 1 is 1.21 bits per heavy atom. The van der Waals surface area contributed by atoms with Crippen LogP contribution < -0.4 is 0 Å². The standard InChI is InChI=1S/C11H17ClN2/c1-8-9(2)13-14(11(8)12)10-6-4-3-5-7-10/h10H,3-7H2,1-2H3. The van der Waals surface area contributed by atoms with E-state index >= 15 is 0 Å². The van der Waals surface area contributed by atoms with Crippen LogP contribution in [0.25, 0.3) is 0 Å². The number of nitrogens with zero attached hydrogens (tertiary/aromatic N) is 2. The normalized spacial score (nSPS) is 18.8. The molecule has 1 heterocycles. The van der Waals surface area contributed by atoms with Gasteiger partial charge in [-0.3, -0.25) is 4.68 Å². The molecule has 0 bridgehead atoms. The van der Waals surface area contributed by atoms with Gasteiger partial charge in [0.25, 0.3) is 0 Å². The van der Waals surface area contributed by atoms with Gasteiger partial charge >= 0.3 is 0 Å². The Balaban J connectivity index is 2.26. The molecule has 1 fully saturated rings. The largest absolute Gasteiger partial charge is 0.250 e. The molecule has 2 nitrogen and oxygen atoms in total. The Hall–Kier alpha value is -0.500. The highest BCUT2D eigenvalue weighted by atomic mass is 35.5. The van der Waals surface area contributed by atoms with Gasteiger partial charge < -0.3 is 0 Å². The highest BCUT2D eigenvalue weighted by Gasteiger charge is 2.20. The third kappa shape index (κ3) is 1.68. The van der Waals surface area contributed by atoms with Gasteiger partial charge in [-0.15, -0.1) is 0 Å². The summed E-state index contributed by atoms with van der Waals surface area (Å²) in [6.07, 6.45) is 6.48. The molecule has 1 aliphatic carbocycles. The Morgan fingerprint density at radius 3 is 2.36 bits per heavy atom. The second kappa shape index (κ2) is 3.93. The summed E-state index contributed by atoms with van der Waals surface area (Å²) < 4.78 is 2.03. The van der Waals surface area contributed by atoms with E-state index in [0.29, 0.717) is 6.04 Å². The Morgan fingerprint density at radius 2 is 1.86 bits per heavy atom. The van der Waals surface area contributed by atoms with E-state index in [-0.39, 0.29) is 0 Å². The van der Waals surface area contributed by atoms with Crippen LogP contribution in [0.1, 0.15) is 49.4 Å². The summed E-state index contributed by atoms with van der Waals surface area (Å²) in [5, 5.41) is 5.36. The maximum Gasteiger partial charge on any atom is 0.130 e. The van der Waals surface area contributed by atoms with Crippen molar-refractivity contribution in [1.82, 2.24) is 9.78 Å².